The molecule has 104 valence electrons. The zero-order valence-corrected chi connectivity index (χ0v) is 13.6. The summed E-state index contributed by atoms with van der Waals surface area (Å²) >= 11 is 0. The molecule has 9 nitrogen and oxygen atoms in total. The largest absolute Gasteiger partial charge is 1.00 e. The maximum atomic E-state index is 11.0. The van der Waals surface area contributed by atoms with E-state index in [4.69, 9.17) is 19.6 Å². The van der Waals surface area contributed by atoms with Crippen LogP contribution in [-0.4, -0.2) is 40.2 Å². The van der Waals surface area contributed by atoms with Crippen molar-refractivity contribution in [1.29, 1.82) is 0 Å². The molecule has 1 rings (SSSR count). The molecule has 0 amide bonds. The van der Waals surface area contributed by atoms with Crippen LogP contribution in [-0.2, 0) is 15.6 Å². The van der Waals surface area contributed by atoms with Crippen molar-refractivity contribution in [2.45, 2.75) is 11.5 Å². The summed E-state index contributed by atoms with van der Waals surface area (Å²) in [6.45, 7) is 0. The van der Waals surface area contributed by atoms with Crippen LogP contribution in [0.1, 0.15) is 5.56 Å². The number of pyridine rings is 1. The van der Waals surface area contributed by atoms with Gasteiger partial charge in [0.05, 0.1) is 0 Å². The normalized spacial score (nSPS) is 12.3. The van der Waals surface area contributed by atoms with E-state index in [-0.39, 0.29) is 40.6 Å². The molecule has 0 aliphatic rings. The van der Waals surface area contributed by atoms with E-state index in [0.717, 1.165) is 6.20 Å². The Morgan fingerprint density at radius 3 is 1.95 bits per heavy atom. The molecule has 1 aromatic heterocycles. The maximum Gasteiger partial charge on any atom is 1.00 e. The first-order chi connectivity index (χ1) is 7.58. The predicted molar refractivity (Wildman–Crippen MR) is 58.9 cm³/mol. The van der Waals surface area contributed by atoms with Gasteiger partial charge in [0, 0.05) is 18.8 Å². The molecule has 0 aliphatic carbocycles. The number of nitrogens with zero attached hydrogens (tertiary/aromatic N) is 1. The molecule has 0 radical (unpaired) electrons. The quantitative estimate of drug-likeness (QED) is 0.277. The van der Waals surface area contributed by atoms with E-state index in [0.29, 0.717) is 0 Å². The monoisotopic (exact) mass is 323 g/mol. The molecule has 12 heteroatoms. The number of hydrogen-bond acceptors (Lipinski definition) is 5. The summed E-state index contributed by atoms with van der Waals surface area (Å²) in [5.41, 5.74) is 0.0988. The van der Waals surface area contributed by atoms with Gasteiger partial charge in [-0.3, -0.25) is 14.1 Å². The molecule has 6 N–H and O–H groups in total. The summed E-state index contributed by atoms with van der Waals surface area (Å²) in [6, 6.07) is 2.75. The third-order valence-corrected chi connectivity index (χ3v) is 5.84. The van der Waals surface area contributed by atoms with Crippen LogP contribution in [0.2, 0.25) is 0 Å². The van der Waals surface area contributed by atoms with E-state index in [1.165, 1.54) is 18.3 Å². The van der Waals surface area contributed by atoms with Crippen LogP contribution in [0.5, 0.6) is 0 Å². The molecule has 0 aliphatic heterocycles. The summed E-state index contributed by atoms with van der Waals surface area (Å²) in [7, 11) is -10.8. The zero-order chi connectivity index (χ0) is 13.3. The van der Waals surface area contributed by atoms with Crippen molar-refractivity contribution >= 4 is 15.2 Å². The second-order valence-electron chi connectivity index (χ2n) is 3.40. The van der Waals surface area contributed by atoms with E-state index < -0.39 is 26.7 Å². The Bertz CT molecular complexity index is 463. The minimum atomic E-state index is -5.41. The molecule has 19 heavy (non-hydrogen) atoms. The van der Waals surface area contributed by atoms with Gasteiger partial charge in [-0.05, 0) is 11.6 Å². The molecule has 0 saturated carbocycles. The van der Waals surface area contributed by atoms with Crippen molar-refractivity contribution in [2.75, 3.05) is 0 Å². The first-order valence-electron chi connectivity index (χ1n) is 4.30. The van der Waals surface area contributed by atoms with Gasteiger partial charge in [0.25, 0.3) is 5.08 Å². The molecule has 0 bridgehead atoms. The van der Waals surface area contributed by atoms with E-state index in [2.05, 4.69) is 4.98 Å². The SMILES string of the molecule is O=P(O)(O)C(O)(Cc1cccnc1)P(=O)(O)O.[Na+].[OH-]. The third kappa shape index (κ3) is 5.00. The molecule has 0 unspecified atom stereocenters. The standard InChI is InChI=1S/C7H11NO7P2.Na.H2O/c9-7(16(10,11)12,17(13,14)15)4-6-2-1-3-8-5-6;;/h1-3,5,9H,4H2,(H2,10,11,12)(H2,13,14,15);;1H2/q;+1;/p-1. The number of aliphatic hydroxyl groups is 1. The fourth-order valence-electron chi connectivity index (χ4n) is 1.15. The Morgan fingerprint density at radius 2 is 1.63 bits per heavy atom. The van der Waals surface area contributed by atoms with E-state index >= 15 is 0 Å². The maximum absolute atomic E-state index is 11.0. The summed E-state index contributed by atoms with van der Waals surface area (Å²) in [5.74, 6) is 0. The van der Waals surface area contributed by atoms with Gasteiger partial charge in [-0.2, -0.15) is 0 Å². The number of hydrogen-bond donors (Lipinski definition) is 5. The van der Waals surface area contributed by atoms with Crippen LogP contribution < -0.4 is 29.6 Å². The van der Waals surface area contributed by atoms with Crippen molar-refractivity contribution < 1.29 is 68.8 Å². The van der Waals surface area contributed by atoms with E-state index in [9.17, 15) is 14.2 Å². The van der Waals surface area contributed by atoms with Crippen molar-refractivity contribution in [3.8, 4) is 0 Å². The number of rotatable bonds is 4. The molecular formula is C7H12NNaO8P2. The van der Waals surface area contributed by atoms with Crippen molar-refractivity contribution in [1.82, 2.24) is 4.98 Å². The molecule has 0 fully saturated rings. The van der Waals surface area contributed by atoms with Crippen LogP contribution in [0.25, 0.3) is 0 Å². The number of aromatic nitrogens is 1. The zero-order valence-electron chi connectivity index (χ0n) is 9.86. The van der Waals surface area contributed by atoms with Gasteiger partial charge < -0.3 is 30.2 Å². The molecular weight excluding hydrogens is 311 g/mol. The molecule has 0 aromatic carbocycles. The molecule has 0 atom stereocenters. The van der Waals surface area contributed by atoms with Crippen LogP contribution in [0.4, 0.5) is 0 Å². The average molecular weight is 323 g/mol. The Morgan fingerprint density at radius 1 is 1.16 bits per heavy atom. The van der Waals surface area contributed by atoms with E-state index in [1.807, 2.05) is 0 Å². The topological polar surface area (TPSA) is 178 Å². The Kier molecular flexibility index (Phi) is 8.44. The van der Waals surface area contributed by atoms with Gasteiger partial charge in [0.15, 0.2) is 0 Å². The van der Waals surface area contributed by atoms with Crippen LogP contribution >= 0.6 is 15.2 Å². The third-order valence-electron chi connectivity index (χ3n) is 2.10. The summed E-state index contributed by atoms with van der Waals surface area (Å²) in [6.07, 6.45) is 1.63. The molecule has 0 saturated heterocycles. The molecule has 0 spiro atoms. The van der Waals surface area contributed by atoms with Gasteiger partial charge in [0.2, 0.25) is 0 Å². The van der Waals surface area contributed by atoms with Gasteiger partial charge in [-0.15, -0.1) is 0 Å². The van der Waals surface area contributed by atoms with Gasteiger partial charge in [-0.1, -0.05) is 6.07 Å². The summed E-state index contributed by atoms with van der Waals surface area (Å²) in [5, 5.41) is 6.16. The van der Waals surface area contributed by atoms with Crippen LogP contribution in [0.3, 0.4) is 0 Å². The summed E-state index contributed by atoms with van der Waals surface area (Å²) in [4.78, 5) is 39.1. The molecule has 1 heterocycles. The predicted octanol–water partition coefficient (Wildman–Crippen LogP) is -3.55. The smallest absolute Gasteiger partial charge is 0.870 e. The second kappa shape index (κ2) is 7.40. The minimum Gasteiger partial charge on any atom is -0.870 e. The van der Waals surface area contributed by atoms with Gasteiger partial charge in [-0.25, -0.2) is 0 Å². The second-order valence-corrected chi connectivity index (χ2v) is 7.41. The molecule has 1 aromatic rings. The van der Waals surface area contributed by atoms with Crippen molar-refractivity contribution in [2.24, 2.45) is 0 Å². The minimum absolute atomic E-state index is 0. The van der Waals surface area contributed by atoms with Crippen LogP contribution in [0, 0.1) is 0 Å². The van der Waals surface area contributed by atoms with Gasteiger partial charge >= 0.3 is 44.7 Å². The first-order valence-corrected chi connectivity index (χ1v) is 7.53. The van der Waals surface area contributed by atoms with Crippen LogP contribution in [0.15, 0.2) is 24.5 Å². The average Bonchev–Trinajstić information content (AvgIpc) is 2.15. The van der Waals surface area contributed by atoms with E-state index in [1.54, 1.807) is 0 Å². The Labute approximate surface area is 130 Å². The Hall–Kier alpha value is 0.370. The Balaban J connectivity index is 0. The summed E-state index contributed by atoms with van der Waals surface area (Å²) < 4.78 is 22.1. The fraction of sp³-hybridized carbons (Fsp3) is 0.286. The fourth-order valence-corrected chi connectivity index (χ4v) is 3.29. The first kappa shape index (κ1) is 21.7. The van der Waals surface area contributed by atoms with Crippen molar-refractivity contribution in [3.05, 3.63) is 30.1 Å². The van der Waals surface area contributed by atoms with Gasteiger partial charge in [0.1, 0.15) is 0 Å². The van der Waals surface area contributed by atoms with Crippen molar-refractivity contribution in [3.63, 3.8) is 0 Å².